The van der Waals surface area contributed by atoms with Crippen molar-refractivity contribution < 1.29 is 13.2 Å². The van der Waals surface area contributed by atoms with E-state index in [9.17, 15) is 13.2 Å². The summed E-state index contributed by atoms with van der Waals surface area (Å²) >= 11 is 0. The van der Waals surface area contributed by atoms with E-state index in [0.717, 1.165) is 37.7 Å². The van der Waals surface area contributed by atoms with Crippen LogP contribution in [0.25, 0.3) is 0 Å². The molecule has 30 heavy (non-hydrogen) atoms. The van der Waals surface area contributed by atoms with E-state index in [2.05, 4.69) is 20.1 Å². The summed E-state index contributed by atoms with van der Waals surface area (Å²) in [5.74, 6) is 1.39. The Bertz CT molecular complexity index is 997. The van der Waals surface area contributed by atoms with Crippen molar-refractivity contribution in [2.75, 3.05) is 54.4 Å². The van der Waals surface area contributed by atoms with E-state index in [1.165, 1.54) is 23.4 Å². The van der Waals surface area contributed by atoms with Crippen LogP contribution in [0.5, 0.6) is 0 Å². The Balaban J connectivity index is 1.41. The van der Waals surface area contributed by atoms with Gasteiger partial charge in [-0.05, 0) is 43.2 Å². The zero-order valence-electron chi connectivity index (χ0n) is 17.0. The van der Waals surface area contributed by atoms with Crippen LogP contribution in [0.4, 0.5) is 17.5 Å². The van der Waals surface area contributed by atoms with Crippen molar-refractivity contribution in [1.29, 1.82) is 0 Å². The molecule has 2 aromatic rings. The summed E-state index contributed by atoms with van der Waals surface area (Å²) in [5.41, 5.74) is 0.573. The highest BCUT2D eigenvalue weighted by Gasteiger charge is 2.29. The highest BCUT2D eigenvalue weighted by Crippen LogP contribution is 2.23. The first-order chi connectivity index (χ1) is 14.4. The minimum Gasteiger partial charge on any atom is -0.354 e. The van der Waals surface area contributed by atoms with Crippen molar-refractivity contribution in [2.45, 2.75) is 24.7 Å². The number of rotatable bonds is 5. The number of sulfonamides is 1. The predicted molar refractivity (Wildman–Crippen MR) is 115 cm³/mol. The molecule has 1 aromatic carbocycles. The molecule has 1 N–H and O–H groups in total. The number of aromatic nitrogens is 2. The van der Waals surface area contributed by atoms with Gasteiger partial charge in [-0.1, -0.05) is 0 Å². The molecule has 0 unspecified atom stereocenters. The van der Waals surface area contributed by atoms with Gasteiger partial charge in [0, 0.05) is 58.1 Å². The monoisotopic (exact) mass is 430 g/mol. The smallest absolute Gasteiger partial charge is 0.243 e. The van der Waals surface area contributed by atoms with E-state index in [-0.39, 0.29) is 10.8 Å². The Morgan fingerprint density at radius 3 is 2.23 bits per heavy atom. The molecule has 2 saturated heterocycles. The Kier molecular flexibility index (Phi) is 5.87. The molecule has 10 heteroatoms. The largest absolute Gasteiger partial charge is 0.354 e. The van der Waals surface area contributed by atoms with Gasteiger partial charge in [0.2, 0.25) is 21.9 Å². The molecule has 2 fully saturated rings. The normalized spacial score (nSPS) is 17.9. The van der Waals surface area contributed by atoms with Gasteiger partial charge in [0.15, 0.2) is 0 Å². The second kappa shape index (κ2) is 8.57. The lowest BCUT2D eigenvalue weighted by Gasteiger charge is -2.34. The third-order valence-electron chi connectivity index (χ3n) is 5.39. The van der Waals surface area contributed by atoms with Crippen LogP contribution in [0, 0.1) is 0 Å². The van der Waals surface area contributed by atoms with E-state index in [1.807, 2.05) is 6.07 Å². The highest BCUT2D eigenvalue weighted by atomic mass is 32.2. The van der Waals surface area contributed by atoms with Crippen molar-refractivity contribution >= 4 is 33.4 Å². The van der Waals surface area contributed by atoms with Crippen LogP contribution in [0.15, 0.2) is 41.4 Å². The van der Waals surface area contributed by atoms with Crippen molar-refractivity contribution in [1.82, 2.24) is 14.3 Å². The Morgan fingerprint density at radius 2 is 1.60 bits per heavy atom. The fourth-order valence-corrected chi connectivity index (χ4v) is 5.23. The van der Waals surface area contributed by atoms with Gasteiger partial charge < -0.3 is 15.1 Å². The summed E-state index contributed by atoms with van der Waals surface area (Å²) < 4.78 is 27.5. The van der Waals surface area contributed by atoms with Gasteiger partial charge in [-0.3, -0.25) is 4.79 Å². The zero-order chi connectivity index (χ0) is 21.1. The SMILES string of the molecule is CC(=O)Nc1ccc(S(=O)(=O)N2CCN(c3ccnc(N4CCCC4)n3)CC2)cc1. The van der Waals surface area contributed by atoms with Gasteiger partial charge >= 0.3 is 0 Å². The molecule has 0 radical (unpaired) electrons. The average Bonchev–Trinajstić information content (AvgIpc) is 3.29. The lowest BCUT2D eigenvalue weighted by atomic mass is 10.3. The molecule has 1 aromatic heterocycles. The minimum atomic E-state index is -3.58. The van der Waals surface area contributed by atoms with Crippen LogP contribution in [-0.4, -0.2) is 67.9 Å². The molecule has 0 spiro atoms. The molecule has 1 amide bonds. The first-order valence-electron chi connectivity index (χ1n) is 10.1. The van der Waals surface area contributed by atoms with Crippen LogP contribution < -0.4 is 15.1 Å². The summed E-state index contributed by atoms with van der Waals surface area (Å²) in [4.78, 5) is 24.7. The van der Waals surface area contributed by atoms with Crippen LogP contribution in [-0.2, 0) is 14.8 Å². The number of carbonyl (C=O) groups is 1. The minimum absolute atomic E-state index is 0.195. The summed E-state index contributed by atoms with van der Waals surface area (Å²) in [5, 5.41) is 2.64. The van der Waals surface area contributed by atoms with E-state index in [1.54, 1.807) is 18.3 Å². The quantitative estimate of drug-likeness (QED) is 0.768. The number of nitrogens with zero attached hydrogens (tertiary/aromatic N) is 5. The molecule has 2 aliphatic rings. The van der Waals surface area contributed by atoms with Gasteiger partial charge in [-0.2, -0.15) is 9.29 Å². The number of piperazine rings is 1. The maximum atomic E-state index is 13.0. The second-order valence-corrected chi connectivity index (χ2v) is 9.44. The van der Waals surface area contributed by atoms with Crippen molar-refractivity contribution in [3.63, 3.8) is 0 Å². The van der Waals surface area contributed by atoms with Crippen LogP contribution in [0.3, 0.4) is 0 Å². The molecular formula is C20H26N6O3S. The maximum Gasteiger partial charge on any atom is 0.243 e. The molecule has 0 atom stereocenters. The predicted octanol–water partition coefficient (Wildman–Crippen LogP) is 1.55. The Morgan fingerprint density at radius 1 is 0.933 bits per heavy atom. The van der Waals surface area contributed by atoms with Crippen LogP contribution >= 0.6 is 0 Å². The summed E-state index contributed by atoms with van der Waals surface area (Å²) in [6.07, 6.45) is 4.10. The average molecular weight is 431 g/mol. The van der Waals surface area contributed by atoms with E-state index >= 15 is 0 Å². The molecule has 0 saturated carbocycles. The molecule has 9 nitrogen and oxygen atoms in total. The van der Waals surface area contributed by atoms with Gasteiger partial charge in [-0.15, -0.1) is 0 Å². The summed E-state index contributed by atoms with van der Waals surface area (Å²) in [6.45, 7) is 5.29. The highest BCUT2D eigenvalue weighted by molar-refractivity contribution is 7.89. The number of carbonyl (C=O) groups excluding carboxylic acids is 1. The van der Waals surface area contributed by atoms with Gasteiger partial charge in [0.25, 0.3) is 0 Å². The van der Waals surface area contributed by atoms with Crippen molar-refractivity contribution in [2.24, 2.45) is 0 Å². The lowest BCUT2D eigenvalue weighted by molar-refractivity contribution is -0.114. The molecule has 160 valence electrons. The lowest BCUT2D eigenvalue weighted by Crippen LogP contribution is -2.49. The molecule has 0 bridgehead atoms. The fourth-order valence-electron chi connectivity index (χ4n) is 3.80. The molecule has 4 rings (SSSR count). The maximum absolute atomic E-state index is 13.0. The fraction of sp³-hybridized carbons (Fsp3) is 0.450. The number of benzene rings is 1. The molecule has 3 heterocycles. The number of hydrogen-bond donors (Lipinski definition) is 1. The summed E-state index contributed by atoms with van der Waals surface area (Å²) in [6, 6.07) is 8.14. The van der Waals surface area contributed by atoms with E-state index in [4.69, 9.17) is 4.98 Å². The van der Waals surface area contributed by atoms with E-state index in [0.29, 0.717) is 31.9 Å². The second-order valence-electron chi connectivity index (χ2n) is 7.51. The first kappa shape index (κ1) is 20.5. The van der Waals surface area contributed by atoms with Gasteiger partial charge in [0.05, 0.1) is 4.90 Å². The van der Waals surface area contributed by atoms with Crippen LogP contribution in [0.1, 0.15) is 19.8 Å². The number of nitrogens with one attached hydrogen (secondary N) is 1. The van der Waals surface area contributed by atoms with Gasteiger partial charge in [0.1, 0.15) is 5.82 Å². The van der Waals surface area contributed by atoms with E-state index < -0.39 is 10.0 Å². The molecule has 0 aliphatic carbocycles. The Labute approximate surface area is 176 Å². The van der Waals surface area contributed by atoms with Crippen molar-refractivity contribution in [3.8, 4) is 0 Å². The van der Waals surface area contributed by atoms with Gasteiger partial charge in [-0.25, -0.2) is 13.4 Å². The number of amides is 1. The zero-order valence-corrected chi connectivity index (χ0v) is 17.8. The Hall–Kier alpha value is -2.72. The van der Waals surface area contributed by atoms with Crippen LogP contribution in [0.2, 0.25) is 0 Å². The standard InChI is InChI=1S/C20H26N6O3S/c1-16(27)22-17-4-6-18(7-5-17)30(28,29)26-14-12-24(13-15-26)19-8-9-21-20(23-19)25-10-2-3-11-25/h4-9H,2-3,10-15H2,1H3,(H,22,27). The molecule has 2 aliphatic heterocycles. The van der Waals surface area contributed by atoms with Crippen molar-refractivity contribution in [3.05, 3.63) is 36.5 Å². The first-order valence-corrected chi connectivity index (χ1v) is 11.6. The topological polar surface area (TPSA) is 98.7 Å². The third kappa shape index (κ3) is 4.39. The third-order valence-corrected chi connectivity index (χ3v) is 7.31. The number of hydrogen-bond acceptors (Lipinski definition) is 7. The summed E-state index contributed by atoms with van der Waals surface area (Å²) in [7, 11) is -3.58. The number of anilines is 3. The molecular weight excluding hydrogens is 404 g/mol.